The van der Waals surface area contributed by atoms with E-state index in [0.29, 0.717) is 6.61 Å². The fourth-order valence-electron chi connectivity index (χ4n) is 4.85. The maximum atomic E-state index is 5.52. The Morgan fingerprint density at radius 3 is 2.13 bits per heavy atom. The van der Waals surface area contributed by atoms with Gasteiger partial charge in [0.25, 0.3) is 0 Å². The van der Waals surface area contributed by atoms with Crippen molar-refractivity contribution < 1.29 is 4.74 Å². The predicted molar refractivity (Wildman–Crippen MR) is 128 cm³/mol. The number of ether oxygens (including phenoxy) is 1. The molecule has 2 heteroatoms. The number of hydrogen-bond donors (Lipinski definition) is 0. The van der Waals surface area contributed by atoms with Gasteiger partial charge in [-0.15, -0.1) is 0 Å². The fourth-order valence-corrected chi connectivity index (χ4v) is 4.85. The van der Waals surface area contributed by atoms with Crippen molar-refractivity contribution in [2.24, 2.45) is 11.8 Å². The van der Waals surface area contributed by atoms with Gasteiger partial charge >= 0.3 is 0 Å². The van der Waals surface area contributed by atoms with E-state index >= 15 is 0 Å². The lowest BCUT2D eigenvalue weighted by atomic mass is 9.78. The molecule has 1 fully saturated rings. The van der Waals surface area contributed by atoms with Crippen LogP contribution in [0.25, 0.3) is 11.3 Å². The normalized spacial score (nSPS) is 19.0. The largest absolute Gasteiger partial charge is 0.494 e. The van der Waals surface area contributed by atoms with Crippen LogP contribution < -0.4 is 4.74 Å². The first-order valence-corrected chi connectivity index (χ1v) is 12.5. The Hall–Kier alpha value is -1.83. The Bertz CT molecular complexity index is 698. The molecule has 1 aromatic carbocycles. The van der Waals surface area contributed by atoms with Gasteiger partial charge in [0, 0.05) is 11.8 Å². The predicted octanol–water partition coefficient (Wildman–Crippen LogP) is 8.25. The lowest BCUT2D eigenvalue weighted by Crippen LogP contribution is -2.15. The molecule has 164 valence electrons. The first-order valence-electron chi connectivity index (χ1n) is 12.5. The third kappa shape index (κ3) is 7.45. The van der Waals surface area contributed by atoms with Crippen molar-refractivity contribution >= 4 is 0 Å². The number of benzene rings is 1. The highest BCUT2D eigenvalue weighted by molar-refractivity contribution is 5.60. The number of rotatable bonds is 12. The van der Waals surface area contributed by atoms with Crippen LogP contribution in [0.2, 0.25) is 0 Å². The van der Waals surface area contributed by atoms with Crippen molar-refractivity contribution in [3.05, 3.63) is 48.2 Å². The Labute approximate surface area is 184 Å². The van der Waals surface area contributed by atoms with Crippen LogP contribution >= 0.6 is 0 Å². The van der Waals surface area contributed by atoms with Crippen LogP contribution in [-0.4, -0.2) is 11.6 Å². The summed E-state index contributed by atoms with van der Waals surface area (Å²) in [6.07, 6.45) is 19.0. The standard InChI is InChI=1S/C28H41NO/c1-3-5-6-7-8-9-23-10-12-24(13-11-23)14-15-25-16-21-28(29-22-25)26-17-19-27(20-18-26)30-4-2/h16-24H,3-15H2,1-2H3/t23-,24-. The van der Waals surface area contributed by atoms with Gasteiger partial charge in [0.2, 0.25) is 0 Å². The number of pyridine rings is 1. The van der Waals surface area contributed by atoms with E-state index in [2.05, 4.69) is 37.4 Å². The molecule has 0 spiro atoms. The second kappa shape index (κ2) is 12.8. The maximum absolute atomic E-state index is 5.52. The van der Waals surface area contributed by atoms with Crippen LogP contribution in [0.4, 0.5) is 0 Å². The van der Waals surface area contributed by atoms with Gasteiger partial charge in [0.15, 0.2) is 0 Å². The summed E-state index contributed by atoms with van der Waals surface area (Å²) in [7, 11) is 0. The summed E-state index contributed by atoms with van der Waals surface area (Å²) in [5.74, 6) is 2.86. The number of aromatic nitrogens is 1. The van der Waals surface area contributed by atoms with Crippen molar-refractivity contribution in [3.63, 3.8) is 0 Å². The molecular weight excluding hydrogens is 366 g/mol. The molecule has 1 aliphatic carbocycles. The van der Waals surface area contributed by atoms with E-state index in [-0.39, 0.29) is 0 Å². The first-order chi connectivity index (χ1) is 14.8. The molecule has 0 amide bonds. The van der Waals surface area contributed by atoms with Gasteiger partial charge in [-0.1, -0.05) is 77.2 Å². The third-order valence-corrected chi connectivity index (χ3v) is 6.81. The minimum Gasteiger partial charge on any atom is -0.494 e. The summed E-state index contributed by atoms with van der Waals surface area (Å²) in [5, 5.41) is 0. The molecule has 2 nitrogen and oxygen atoms in total. The molecule has 3 rings (SSSR count). The average molecular weight is 408 g/mol. The number of unbranched alkanes of at least 4 members (excludes halogenated alkanes) is 4. The van der Waals surface area contributed by atoms with Crippen molar-refractivity contribution in [2.75, 3.05) is 6.61 Å². The van der Waals surface area contributed by atoms with Crippen LogP contribution in [0.1, 0.15) is 90.0 Å². The molecule has 0 N–H and O–H groups in total. The molecule has 1 aliphatic rings. The van der Waals surface area contributed by atoms with E-state index in [4.69, 9.17) is 9.72 Å². The van der Waals surface area contributed by atoms with Crippen molar-refractivity contribution in [3.8, 4) is 17.0 Å². The lowest BCUT2D eigenvalue weighted by Gasteiger charge is -2.28. The molecule has 0 unspecified atom stereocenters. The van der Waals surface area contributed by atoms with Gasteiger partial charge in [0.1, 0.15) is 5.75 Å². The second-order valence-corrected chi connectivity index (χ2v) is 9.14. The van der Waals surface area contributed by atoms with Gasteiger partial charge in [-0.05, 0) is 67.5 Å². The monoisotopic (exact) mass is 407 g/mol. The molecule has 0 bridgehead atoms. The Kier molecular flexibility index (Phi) is 9.73. The van der Waals surface area contributed by atoms with E-state index in [1.165, 1.54) is 82.6 Å². The Morgan fingerprint density at radius 1 is 0.800 bits per heavy atom. The number of aryl methyl sites for hydroxylation is 1. The van der Waals surface area contributed by atoms with E-state index in [9.17, 15) is 0 Å². The van der Waals surface area contributed by atoms with E-state index in [1.807, 2.05) is 19.1 Å². The second-order valence-electron chi connectivity index (χ2n) is 9.14. The van der Waals surface area contributed by atoms with Crippen LogP contribution in [0, 0.1) is 11.8 Å². The van der Waals surface area contributed by atoms with Gasteiger partial charge in [-0.3, -0.25) is 4.98 Å². The zero-order valence-corrected chi connectivity index (χ0v) is 19.2. The molecule has 1 saturated carbocycles. The minimum absolute atomic E-state index is 0.701. The summed E-state index contributed by atoms with van der Waals surface area (Å²) < 4.78 is 5.52. The average Bonchev–Trinajstić information content (AvgIpc) is 2.79. The Balaban J connectivity index is 1.36. The quantitative estimate of drug-likeness (QED) is 0.330. The van der Waals surface area contributed by atoms with Crippen LogP contribution in [0.5, 0.6) is 5.75 Å². The molecule has 0 radical (unpaired) electrons. The van der Waals surface area contributed by atoms with Crippen LogP contribution in [0.15, 0.2) is 42.6 Å². The summed E-state index contributed by atoms with van der Waals surface area (Å²) in [6.45, 7) is 5.01. The van der Waals surface area contributed by atoms with Gasteiger partial charge < -0.3 is 4.74 Å². The number of nitrogens with zero attached hydrogens (tertiary/aromatic N) is 1. The van der Waals surface area contributed by atoms with E-state index < -0.39 is 0 Å². The Morgan fingerprint density at radius 2 is 1.50 bits per heavy atom. The molecule has 0 saturated heterocycles. The van der Waals surface area contributed by atoms with E-state index in [0.717, 1.165) is 28.8 Å². The van der Waals surface area contributed by atoms with E-state index in [1.54, 1.807) is 0 Å². The fraction of sp³-hybridized carbons (Fsp3) is 0.607. The van der Waals surface area contributed by atoms with Crippen molar-refractivity contribution in [2.45, 2.75) is 90.9 Å². The highest BCUT2D eigenvalue weighted by Crippen LogP contribution is 2.34. The van der Waals surface area contributed by atoms with Crippen molar-refractivity contribution in [1.29, 1.82) is 0 Å². The first kappa shape index (κ1) is 22.8. The molecule has 0 atom stereocenters. The molecule has 1 heterocycles. The molecule has 1 aromatic heterocycles. The summed E-state index contributed by atoms with van der Waals surface area (Å²) >= 11 is 0. The molecule has 30 heavy (non-hydrogen) atoms. The minimum atomic E-state index is 0.701. The smallest absolute Gasteiger partial charge is 0.119 e. The summed E-state index contributed by atoms with van der Waals surface area (Å²) in [5.41, 5.74) is 3.57. The molecular formula is C28H41NO. The van der Waals surface area contributed by atoms with Gasteiger partial charge in [-0.25, -0.2) is 0 Å². The van der Waals surface area contributed by atoms with Crippen LogP contribution in [0.3, 0.4) is 0 Å². The lowest BCUT2D eigenvalue weighted by molar-refractivity contribution is 0.248. The van der Waals surface area contributed by atoms with Gasteiger partial charge in [-0.2, -0.15) is 0 Å². The van der Waals surface area contributed by atoms with Crippen molar-refractivity contribution in [1.82, 2.24) is 4.98 Å². The maximum Gasteiger partial charge on any atom is 0.119 e. The SMILES string of the molecule is CCCCCCC[C@H]1CC[C@H](CCc2ccc(-c3ccc(OCC)cc3)nc2)CC1. The third-order valence-electron chi connectivity index (χ3n) is 6.81. The van der Waals surface area contributed by atoms with Gasteiger partial charge in [0.05, 0.1) is 12.3 Å². The zero-order chi connectivity index (χ0) is 21.0. The molecule has 2 aromatic rings. The summed E-state index contributed by atoms with van der Waals surface area (Å²) in [4.78, 5) is 4.71. The highest BCUT2D eigenvalue weighted by Gasteiger charge is 2.20. The molecule has 0 aliphatic heterocycles. The zero-order valence-electron chi connectivity index (χ0n) is 19.2. The summed E-state index contributed by atoms with van der Waals surface area (Å²) in [6, 6.07) is 12.7. The highest BCUT2D eigenvalue weighted by atomic mass is 16.5. The topological polar surface area (TPSA) is 22.1 Å². The number of hydrogen-bond acceptors (Lipinski definition) is 2. The van der Waals surface area contributed by atoms with Crippen LogP contribution in [-0.2, 0) is 6.42 Å².